The lowest BCUT2D eigenvalue weighted by atomic mass is 9.89. The molecule has 0 aliphatic carbocycles. The van der Waals surface area contributed by atoms with Gasteiger partial charge in [-0.25, -0.2) is 4.79 Å². The van der Waals surface area contributed by atoms with E-state index < -0.39 is 30.3 Å². The second-order valence-corrected chi connectivity index (χ2v) is 6.18. The SMILES string of the molecule is CCC(C)(C)C(=O)Nc1ccc(OCC(=O)OC(C)C(F)(F)F)cc1. The van der Waals surface area contributed by atoms with Gasteiger partial charge in [-0.1, -0.05) is 20.8 Å². The summed E-state index contributed by atoms with van der Waals surface area (Å²) >= 11 is 0. The van der Waals surface area contributed by atoms with E-state index in [-0.39, 0.29) is 11.7 Å². The maximum atomic E-state index is 12.3. The third kappa shape index (κ3) is 6.64. The third-order valence-electron chi connectivity index (χ3n) is 3.74. The molecule has 0 fully saturated rings. The standard InChI is InChI=1S/C17H22F3NO4/c1-5-16(3,4)15(23)21-12-6-8-13(9-7-12)24-10-14(22)25-11(2)17(18,19)20/h6-9,11H,5,10H2,1-4H3,(H,21,23). The van der Waals surface area contributed by atoms with Crippen LogP contribution < -0.4 is 10.1 Å². The maximum Gasteiger partial charge on any atom is 0.425 e. The molecule has 25 heavy (non-hydrogen) atoms. The molecule has 0 aromatic heterocycles. The molecule has 1 rings (SSSR count). The average molecular weight is 361 g/mol. The average Bonchev–Trinajstić information content (AvgIpc) is 2.53. The van der Waals surface area contributed by atoms with Crippen molar-refractivity contribution in [3.05, 3.63) is 24.3 Å². The molecule has 0 radical (unpaired) electrons. The third-order valence-corrected chi connectivity index (χ3v) is 3.74. The predicted molar refractivity (Wildman–Crippen MR) is 86.2 cm³/mol. The Morgan fingerprint density at radius 2 is 1.72 bits per heavy atom. The second kappa shape index (κ2) is 8.22. The summed E-state index contributed by atoms with van der Waals surface area (Å²) < 4.78 is 46.1. The zero-order valence-electron chi connectivity index (χ0n) is 14.6. The first kappa shape index (κ1) is 20.8. The summed E-state index contributed by atoms with van der Waals surface area (Å²) in [6, 6.07) is 6.13. The Bertz CT molecular complexity index is 597. The van der Waals surface area contributed by atoms with Crippen molar-refractivity contribution in [3.63, 3.8) is 0 Å². The number of carbonyl (C=O) groups is 2. The van der Waals surface area contributed by atoms with Crippen LogP contribution in [0.1, 0.15) is 34.1 Å². The van der Waals surface area contributed by atoms with Gasteiger partial charge in [-0.05, 0) is 37.6 Å². The molecule has 0 aliphatic heterocycles. The predicted octanol–water partition coefficient (Wildman–Crippen LogP) is 3.93. The molecule has 1 aromatic carbocycles. The number of hydrogen-bond acceptors (Lipinski definition) is 4. The molecule has 5 nitrogen and oxygen atoms in total. The molecule has 0 saturated heterocycles. The Balaban J connectivity index is 2.52. The zero-order valence-corrected chi connectivity index (χ0v) is 14.6. The number of rotatable bonds is 7. The summed E-state index contributed by atoms with van der Waals surface area (Å²) in [7, 11) is 0. The highest BCUT2D eigenvalue weighted by molar-refractivity contribution is 5.94. The zero-order chi connectivity index (χ0) is 19.3. The monoisotopic (exact) mass is 361 g/mol. The van der Waals surface area contributed by atoms with Gasteiger partial charge < -0.3 is 14.8 Å². The molecule has 1 N–H and O–H groups in total. The molecule has 1 unspecified atom stereocenters. The van der Waals surface area contributed by atoms with Gasteiger partial charge in [-0.2, -0.15) is 13.2 Å². The highest BCUT2D eigenvalue weighted by Gasteiger charge is 2.39. The number of esters is 1. The van der Waals surface area contributed by atoms with Crippen LogP contribution in [-0.4, -0.2) is 30.8 Å². The van der Waals surface area contributed by atoms with Crippen LogP contribution in [0.15, 0.2) is 24.3 Å². The molecular formula is C17H22F3NO4. The van der Waals surface area contributed by atoms with Crippen LogP contribution in [0.2, 0.25) is 0 Å². The van der Waals surface area contributed by atoms with Crippen LogP contribution in [0.3, 0.4) is 0 Å². The number of anilines is 1. The minimum atomic E-state index is -4.61. The number of carbonyl (C=O) groups excluding carboxylic acids is 2. The van der Waals surface area contributed by atoms with E-state index in [0.717, 1.165) is 6.92 Å². The van der Waals surface area contributed by atoms with Gasteiger partial charge >= 0.3 is 12.1 Å². The van der Waals surface area contributed by atoms with Crippen LogP contribution in [0.5, 0.6) is 5.75 Å². The summed E-state index contributed by atoms with van der Waals surface area (Å²) in [5, 5.41) is 2.76. The summed E-state index contributed by atoms with van der Waals surface area (Å²) in [6.45, 7) is 5.66. The molecule has 0 saturated carbocycles. The number of benzene rings is 1. The highest BCUT2D eigenvalue weighted by Crippen LogP contribution is 2.24. The number of halogens is 3. The molecule has 140 valence electrons. The van der Waals surface area contributed by atoms with Gasteiger partial charge in [0, 0.05) is 11.1 Å². The number of nitrogens with one attached hydrogen (secondary N) is 1. The Morgan fingerprint density at radius 1 is 1.16 bits per heavy atom. The van der Waals surface area contributed by atoms with Crippen LogP contribution in [0, 0.1) is 5.41 Å². The van der Waals surface area contributed by atoms with Gasteiger partial charge in [-0.3, -0.25) is 4.79 Å². The summed E-state index contributed by atoms with van der Waals surface area (Å²) in [5.74, 6) is -0.982. The summed E-state index contributed by atoms with van der Waals surface area (Å²) in [5.41, 5.74) is 0.0424. The number of ether oxygens (including phenoxy) is 2. The minimum Gasteiger partial charge on any atom is -0.482 e. The molecular weight excluding hydrogens is 339 g/mol. The molecule has 0 aliphatic rings. The topological polar surface area (TPSA) is 64.6 Å². The van der Waals surface area contributed by atoms with Crippen molar-refractivity contribution in [1.82, 2.24) is 0 Å². The lowest BCUT2D eigenvalue weighted by Gasteiger charge is -2.21. The van der Waals surface area contributed by atoms with Crippen LogP contribution in [-0.2, 0) is 14.3 Å². The number of hydrogen-bond donors (Lipinski definition) is 1. The Kier molecular flexibility index (Phi) is 6.84. The van der Waals surface area contributed by atoms with Crippen molar-refractivity contribution >= 4 is 17.6 Å². The quantitative estimate of drug-likeness (QED) is 0.748. The Hall–Kier alpha value is -2.25. The van der Waals surface area contributed by atoms with Crippen LogP contribution in [0.25, 0.3) is 0 Å². The van der Waals surface area contributed by atoms with E-state index in [2.05, 4.69) is 10.1 Å². The van der Waals surface area contributed by atoms with E-state index in [1.165, 1.54) is 12.1 Å². The van der Waals surface area contributed by atoms with E-state index in [9.17, 15) is 22.8 Å². The fourth-order valence-corrected chi connectivity index (χ4v) is 1.54. The highest BCUT2D eigenvalue weighted by atomic mass is 19.4. The Labute approximate surface area is 144 Å². The maximum absolute atomic E-state index is 12.3. The van der Waals surface area contributed by atoms with Crippen molar-refractivity contribution in [2.45, 2.75) is 46.4 Å². The van der Waals surface area contributed by atoms with Gasteiger partial charge in [0.2, 0.25) is 5.91 Å². The first-order valence-corrected chi connectivity index (χ1v) is 7.76. The molecule has 8 heteroatoms. The first-order chi connectivity index (χ1) is 11.5. The molecule has 0 bridgehead atoms. The fraction of sp³-hybridized carbons (Fsp3) is 0.529. The van der Waals surface area contributed by atoms with Gasteiger partial charge in [0.15, 0.2) is 12.7 Å². The second-order valence-electron chi connectivity index (χ2n) is 6.18. The fourth-order valence-electron chi connectivity index (χ4n) is 1.54. The van der Waals surface area contributed by atoms with E-state index in [4.69, 9.17) is 4.74 Å². The Morgan fingerprint density at radius 3 is 2.20 bits per heavy atom. The van der Waals surface area contributed by atoms with Gasteiger partial charge in [0.05, 0.1) is 0 Å². The van der Waals surface area contributed by atoms with Gasteiger partial charge in [0.1, 0.15) is 5.75 Å². The lowest BCUT2D eigenvalue weighted by Crippen LogP contribution is -2.32. The molecule has 1 atom stereocenters. The molecule has 1 aromatic rings. The van der Waals surface area contributed by atoms with E-state index in [1.54, 1.807) is 12.1 Å². The van der Waals surface area contributed by atoms with Crippen molar-refractivity contribution in [3.8, 4) is 5.75 Å². The molecule has 0 heterocycles. The van der Waals surface area contributed by atoms with E-state index in [1.807, 2.05) is 20.8 Å². The minimum absolute atomic E-state index is 0.131. The summed E-state index contributed by atoms with van der Waals surface area (Å²) in [4.78, 5) is 23.4. The van der Waals surface area contributed by atoms with Crippen molar-refractivity contribution in [1.29, 1.82) is 0 Å². The van der Waals surface area contributed by atoms with Gasteiger partial charge in [-0.15, -0.1) is 0 Å². The summed E-state index contributed by atoms with van der Waals surface area (Å²) in [6.07, 6.45) is -6.12. The van der Waals surface area contributed by atoms with Crippen molar-refractivity contribution < 1.29 is 32.2 Å². The van der Waals surface area contributed by atoms with Crippen LogP contribution in [0.4, 0.5) is 18.9 Å². The lowest BCUT2D eigenvalue weighted by molar-refractivity contribution is -0.217. The molecule has 0 spiro atoms. The van der Waals surface area contributed by atoms with Crippen LogP contribution >= 0.6 is 0 Å². The van der Waals surface area contributed by atoms with Crippen molar-refractivity contribution in [2.24, 2.45) is 5.41 Å². The largest absolute Gasteiger partial charge is 0.482 e. The number of amides is 1. The van der Waals surface area contributed by atoms with E-state index in [0.29, 0.717) is 12.1 Å². The van der Waals surface area contributed by atoms with Crippen molar-refractivity contribution in [2.75, 3.05) is 11.9 Å². The smallest absolute Gasteiger partial charge is 0.425 e. The normalized spacial score (nSPS) is 13.1. The first-order valence-electron chi connectivity index (χ1n) is 7.76. The van der Waals surface area contributed by atoms with Gasteiger partial charge in [0.25, 0.3) is 0 Å². The number of alkyl halides is 3. The molecule has 1 amide bonds. The van der Waals surface area contributed by atoms with E-state index >= 15 is 0 Å².